The van der Waals surface area contributed by atoms with Gasteiger partial charge in [0.15, 0.2) is 0 Å². The number of hydrogen-bond donors (Lipinski definition) is 0. The van der Waals surface area contributed by atoms with Crippen LogP contribution in [0.5, 0.6) is 0 Å². The molecule has 0 amide bonds. The Balaban J connectivity index is 2.63. The summed E-state index contributed by atoms with van der Waals surface area (Å²) < 4.78 is 0. The minimum absolute atomic E-state index is 0.642. The monoisotopic (exact) mass is 269 g/mol. The summed E-state index contributed by atoms with van der Waals surface area (Å²) in [6.45, 7) is 4.23. The van der Waals surface area contributed by atoms with Gasteiger partial charge in [-0.15, -0.1) is 0 Å². The van der Waals surface area contributed by atoms with Crippen LogP contribution in [0.3, 0.4) is 0 Å². The van der Waals surface area contributed by atoms with E-state index < -0.39 is 0 Å². The van der Waals surface area contributed by atoms with Gasteiger partial charge in [-0.25, -0.2) is 0 Å². The molecule has 0 heterocycles. The molecular formula is C17H16ClN. The van der Waals surface area contributed by atoms with Gasteiger partial charge < -0.3 is 0 Å². The van der Waals surface area contributed by atoms with E-state index in [-0.39, 0.29) is 0 Å². The maximum atomic E-state index is 9.03. The molecular weight excluding hydrogens is 254 g/mol. The van der Waals surface area contributed by atoms with Crippen LogP contribution in [0.2, 0.25) is 5.02 Å². The minimum Gasteiger partial charge on any atom is -0.192 e. The van der Waals surface area contributed by atoms with Crippen LogP contribution < -0.4 is 0 Å². The fraction of sp³-hybridized carbons (Fsp3) is 0.235. The standard InChI is InChI=1S/C17H16ClN/c1-3-4-14-7-5-12(2)9-15(14)16-10-13(11-19)6-8-17(16)18/h5-10H,3-4H2,1-2H3. The average molecular weight is 270 g/mol. The summed E-state index contributed by atoms with van der Waals surface area (Å²) in [6, 6.07) is 14.0. The first-order valence-electron chi connectivity index (χ1n) is 6.45. The molecule has 19 heavy (non-hydrogen) atoms. The SMILES string of the molecule is CCCc1ccc(C)cc1-c1cc(C#N)ccc1Cl. The van der Waals surface area contributed by atoms with Crippen LogP contribution in [-0.2, 0) is 6.42 Å². The van der Waals surface area contributed by atoms with Crippen LogP contribution in [0.15, 0.2) is 36.4 Å². The van der Waals surface area contributed by atoms with Crippen molar-refractivity contribution in [1.29, 1.82) is 5.26 Å². The predicted molar refractivity (Wildman–Crippen MR) is 80.3 cm³/mol. The molecule has 0 radical (unpaired) electrons. The van der Waals surface area contributed by atoms with Crippen molar-refractivity contribution >= 4 is 11.6 Å². The number of halogens is 1. The van der Waals surface area contributed by atoms with Crippen molar-refractivity contribution in [3.63, 3.8) is 0 Å². The molecule has 0 unspecified atom stereocenters. The topological polar surface area (TPSA) is 23.8 Å². The molecule has 2 rings (SSSR count). The molecule has 1 nitrogen and oxygen atoms in total. The molecule has 0 N–H and O–H groups in total. The third kappa shape index (κ3) is 2.97. The van der Waals surface area contributed by atoms with Crippen molar-refractivity contribution in [2.24, 2.45) is 0 Å². The second-order valence-electron chi connectivity index (χ2n) is 4.72. The van der Waals surface area contributed by atoms with Crippen molar-refractivity contribution in [2.75, 3.05) is 0 Å². The highest BCUT2D eigenvalue weighted by atomic mass is 35.5. The van der Waals surface area contributed by atoms with E-state index in [0.717, 1.165) is 24.0 Å². The van der Waals surface area contributed by atoms with E-state index in [4.69, 9.17) is 16.9 Å². The van der Waals surface area contributed by atoms with Gasteiger partial charge in [-0.2, -0.15) is 5.26 Å². The maximum Gasteiger partial charge on any atom is 0.0991 e. The summed E-state index contributed by atoms with van der Waals surface area (Å²) in [6.07, 6.45) is 2.11. The zero-order valence-corrected chi connectivity index (χ0v) is 12.0. The molecule has 0 fully saturated rings. The molecule has 0 spiro atoms. The van der Waals surface area contributed by atoms with Crippen LogP contribution >= 0.6 is 11.6 Å². The molecule has 0 aliphatic carbocycles. The van der Waals surface area contributed by atoms with Gasteiger partial charge in [-0.3, -0.25) is 0 Å². The fourth-order valence-electron chi connectivity index (χ4n) is 2.23. The van der Waals surface area contributed by atoms with Crippen molar-refractivity contribution in [3.8, 4) is 17.2 Å². The Morgan fingerprint density at radius 1 is 1.11 bits per heavy atom. The smallest absolute Gasteiger partial charge is 0.0991 e. The second kappa shape index (κ2) is 5.91. The number of nitriles is 1. The summed E-state index contributed by atoms with van der Waals surface area (Å²) in [4.78, 5) is 0. The van der Waals surface area contributed by atoms with E-state index in [1.807, 2.05) is 6.07 Å². The van der Waals surface area contributed by atoms with E-state index >= 15 is 0 Å². The molecule has 0 aliphatic rings. The van der Waals surface area contributed by atoms with Crippen molar-refractivity contribution in [2.45, 2.75) is 26.7 Å². The van der Waals surface area contributed by atoms with Gasteiger partial charge in [0.05, 0.1) is 11.6 Å². The first kappa shape index (κ1) is 13.6. The lowest BCUT2D eigenvalue weighted by atomic mass is 9.94. The highest BCUT2D eigenvalue weighted by molar-refractivity contribution is 6.33. The fourth-order valence-corrected chi connectivity index (χ4v) is 2.45. The van der Waals surface area contributed by atoms with Gasteiger partial charge in [0.2, 0.25) is 0 Å². The molecule has 0 bridgehead atoms. The van der Waals surface area contributed by atoms with E-state index in [9.17, 15) is 0 Å². The molecule has 2 aromatic carbocycles. The Morgan fingerprint density at radius 3 is 2.58 bits per heavy atom. The van der Waals surface area contributed by atoms with E-state index in [1.54, 1.807) is 12.1 Å². The Kier molecular flexibility index (Phi) is 4.24. The lowest BCUT2D eigenvalue weighted by molar-refractivity contribution is 0.923. The normalized spacial score (nSPS) is 10.2. The van der Waals surface area contributed by atoms with E-state index in [0.29, 0.717) is 10.6 Å². The Hall–Kier alpha value is -1.78. The zero-order valence-electron chi connectivity index (χ0n) is 11.2. The maximum absolute atomic E-state index is 9.03. The van der Waals surface area contributed by atoms with Crippen LogP contribution in [-0.4, -0.2) is 0 Å². The summed E-state index contributed by atoms with van der Waals surface area (Å²) in [5.74, 6) is 0. The van der Waals surface area contributed by atoms with Crippen LogP contribution in [0.25, 0.3) is 11.1 Å². The predicted octanol–water partition coefficient (Wildman–Crippen LogP) is 5.14. The molecule has 0 saturated carbocycles. The highest BCUT2D eigenvalue weighted by Crippen LogP contribution is 2.32. The quantitative estimate of drug-likeness (QED) is 0.757. The van der Waals surface area contributed by atoms with Crippen LogP contribution in [0.1, 0.15) is 30.0 Å². The van der Waals surface area contributed by atoms with Crippen molar-refractivity contribution < 1.29 is 0 Å². The number of nitrogens with zero attached hydrogens (tertiary/aromatic N) is 1. The lowest BCUT2D eigenvalue weighted by Crippen LogP contribution is -1.92. The molecule has 0 aliphatic heterocycles. The van der Waals surface area contributed by atoms with Gasteiger partial charge >= 0.3 is 0 Å². The Labute approximate surface area is 119 Å². The molecule has 2 heteroatoms. The van der Waals surface area contributed by atoms with Gasteiger partial charge in [-0.1, -0.05) is 48.7 Å². The van der Waals surface area contributed by atoms with Crippen molar-refractivity contribution in [3.05, 3.63) is 58.1 Å². The summed E-state index contributed by atoms with van der Waals surface area (Å²) in [7, 11) is 0. The summed E-state index contributed by atoms with van der Waals surface area (Å²) in [5.41, 5.74) is 5.22. The van der Waals surface area contributed by atoms with E-state index in [1.165, 1.54) is 11.1 Å². The lowest BCUT2D eigenvalue weighted by Gasteiger charge is -2.12. The number of hydrogen-bond acceptors (Lipinski definition) is 1. The summed E-state index contributed by atoms with van der Waals surface area (Å²) >= 11 is 6.30. The molecule has 0 saturated heterocycles. The first-order valence-corrected chi connectivity index (χ1v) is 6.83. The number of rotatable bonds is 3. The van der Waals surface area contributed by atoms with Gasteiger partial charge in [0.25, 0.3) is 0 Å². The van der Waals surface area contributed by atoms with E-state index in [2.05, 4.69) is 38.1 Å². The van der Waals surface area contributed by atoms with Gasteiger partial charge in [0.1, 0.15) is 0 Å². The van der Waals surface area contributed by atoms with Gasteiger partial charge in [-0.05, 0) is 42.7 Å². The Bertz CT molecular complexity index is 638. The number of aryl methyl sites for hydroxylation is 2. The van der Waals surface area contributed by atoms with Gasteiger partial charge in [0, 0.05) is 10.6 Å². The largest absolute Gasteiger partial charge is 0.192 e. The molecule has 96 valence electrons. The minimum atomic E-state index is 0.642. The third-order valence-corrected chi connectivity index (χ3v) is 3.50. The summed E-state index contributed by atoms with van der Waals surface area (Å²) in [5, 5.41) is 9.73. The molecule has 0 atom stereocenters. The number of benzene rings is 2. The highest BCUT2D eigenvalue weighted by Gasteiger charge is 2.10. The first-order chi connectivity index (χ1) is 9.15. The second-order valence-corrected chi connectivity index (χ2v) is 5.12. The average Bonchev–Trinajstić information content (AvgIpc) is 2.42. The third-order valence-electron chi connectivity index (χ3n) is 3.17. The molecule has 2 aromatic rings. The Morgan fingerprint density at radius 2 is 1.89 bits per heavy atom. The van der Waals surface area contributed by atoms with Crippen LogP contribution in [0.4, 0.5) is 0 Å². The van der Waals surface area contributed by atoms with Crippen molar-refractivity contribution in [1.82, 2.24) is 0 Å². The molecule has 0 aromatic heterocycles. The zero-order chi connectivity index (χ0) is 13.8. The van der Waals surface area contributed by atoms with Crippen LogP contribution in [0, 0.1) is 18.3 Å².